The Balaban J connectivity index is 1.58. The van der Waals surface area contributed by atoms with Crippen molar-refractivity contribution in [2.45, 2.75) is 18.3 Å². The van der Waals surface area contributed by atoms with Gasteiger partial charge >= 0.3 is 0 Å². The van der Waals surface area contributed by atoms with Crippen LogP contribution in [0.25, 0.3) is 5.69 Å². The third kappa shape index (κ3) is 3.43. The lowest BCUT2D eigenvalue weighted by molar-refractivity contribution is 0.0543. The Labute approximate surface area is 157 Å². The zero-order valence-electron chi connectivity index (χ0n) is 14.3. The molecule has 0 aliphatic carbocycles. The predicted molar refractivity (Wildman–Crippen MR) is 101 cm³/mol. The third-order valence-corrected chi connectivity index (χ3v) is 5.21. The molecule has 2 aromatic carbocycles. The minimum absolute atomic E-state index is 0.0314. The molecule has 1 N–H and O–H groups in total. The Morgan fingerprint density at radius 2 is 1.77 bits per heavy atom. The summed E-state index contributed by atoms with van der Waals surface area (Å²) in [5.41, 5.74) is 2.15. The third-order valence-electron chi connectivity index (χ3n) is 4.96. The highest BCUT2D eigenvalue weighted by Gasteiger charge is 2.34. The summed E-state index contributed by atoms with van der Waals surface area (Å²) in [5, 5.41) is 16.3. The summed E-state index contributed by atoms with van der Waals surface area (Å²) in [4.78, 5) is 0. The summed E-state index contributed by atoms with van der Waals surface area (Å²) < 4.78 is 7.32. The number of hydrogen-bond donors (Lipinski definition) is 1. The maximum absolute atomic E-state index is 6.07. The normalized spacial score (nSPS) is 16.3. The average Bonchev–Trinajstić information content (AvgIpc) is 3.17. The molecule has 7 heteroatoms. The summed E-state index contributed by atoms with van der Waals surface area (Å²) in [6.45, 7) is 2.22. The Kier molecular flexibility index (Phi) is 4.86. The van der Waals surface area contributed by atoms with Gasteiger partial charge in [0.15, 0.2) is 0 Å². The molecule has 1 saturated heterocycles. The number of rotatable bonds is 5. The van der Waals surface area contributed by atoms with Crippen molar-refractivity contribution in [2.75, 3.05) is 25.1 Å². The quantitative estimate of drug-likeness (QED) is 0.746. The molecule has 0 unspecified atom stereocenters. The molecule has 0 saturated carbocycles. The van der Waals surface area contributed by atoms with Gasteiger partial charge in [-0.15, -0.1) is 0 Å². The van der Waals surface area contributed by atoms with E-state index < -0.39 is 0 Å². The molecule has 134 valence electrons. The van der Waals surface area contributed by atoms with Gasteiger partial charge in [-0.1, -0.05) is 47.0 Å². The highest BCUT2D eigenvalue weighted by atomic mass is 35.5. The molecule has 4 rings (SSSR count). The van der Waals surface area contributed by atoms with Crippen molar-refractivity contribution in [1.29, 1.82) is 0 Å². The molecule has 6 nitrogen and oxygen atoms in total. The van der Waals surface area contributed by atoms with E-state index in [0.717, 1.165) is 43.3 Å². The van der Waals surface area contributed by atoms with Crippen molar-refractivity contribution < 1.29 is 4.74 Å². The molecule has 0 atom stereocenters. The van der Waals surface area contributed by atoms with Gasteiger partial charge in [-0.05, 0) is 53.1 Å². The van der Waals surface area contributed by atoms with E-state index in [1.807, 2.05) is 42.5 Å². The van der Waals surface area contributed by atoms with Crippen LogP contribution >= 0.6 is 11.6 Å². The van der Waals surface area contributed by atoms with Gasteiger partial charge in [-0.25, -0.2) is 0 Å². The summed E-state index contributed by atoms with van der Waals surface area (Å²) in [7, 11) is 0. The zero-order valence-corrected chi connectivity index (χ0v) is 15.1. The van der Waals surface area contributed by atoms with E-state index in [4.69, 9.17) is 16.3 Å². The Morgan fingerprint density at radius 3 is 2.50 bits per heavy atom. The van der Waals surface area contributed by atoms with E-state index in [9.17, 15) is 0 Å². The number of ether oxygens (including phenoxy) is 1. The van der Waals surface area contributed by atoms with E-state index >= 15 is 0 Å². The van der Waals surface area contributed by atoms with Crippen molar-refractivity contribution in [2.24, 2.45) is 0 Å². The number of halogens is 1. The first kappa shape index (κ1) is 17.0. The lowest BCUT2D eigenvalue weighted by Crippen LogP contribution is -2.40. The van der Waals surface area contributed by atoms with Crippen LogP contribution in [-0.4, -0.2) is 40.0 Å². The number of nitrogens with zero attached hydrogens (tertiary/aromatic N) is 4. The molecule has 0 amide bonds. The van der Waals surface area contributed by atoms with Crippen LogP contribution in [0.3, 0.4) is 0 Å². The molecule has 1 aliphatic rings. The van der Waals surface area contributed by atoms with E-state index in [0.29, 0.717) is 5.95 Å². The van der Waals surface area contributed by atoms with Crippen LogP contribution in [0.2, 0.25) is 5.02 Å². The summed E-state index contributed by atoms with van der Waals surface area (Å²) in [6, 6.07) is 18.0. The topological polar surface area (TPSA) is 64.9 Å². The number of aromatic nitrogens is 4. The number of para-hydroxylation sites is 1. The average molecular weight is 370 g/mol. The van der Waals surface area contributed by atoms with Gasteiger partial charge in [-0.3, -0.25) is 0 Å². The van der Waals surface area contributed by atoms with Crippen LogP contribution < -0.4 is 5.32 Å². The highest BCUT2D eigenvalue weighted by molar-refractivity contribution is 6.30. The second-order valence-electron chi connectivity index (χ2n) is 6.50. The molecule has 1 fully saturated rings. The Bertz CT molecular complexity index is 844. The fraction of sp³-hybridized carbons (Fsp3) is 0.316. The fourth-order valence-electron chi connectivity index (χ4n) is 3.42. The van der Waals surface area contributed by atoms with Gasteiger partial charge in [0.2, 0.25) is 5.95 Å². The first-order valence-corrected chi connectivity index (χ1v) is 9.06. The van der Waals surface area contributed by atoms with Gasteiger partial charge in [0.05, 0.1) is 5.69 Å². The lowest BCUT2D eigenvalue weighted by atomic mass is 9.74. The molecule has 3 aromatic rings. The van der Waals surface area contributed by atoms with Crippen LogP contribution in [0, 0.1) is 0 Å². The number of hydrogen-bond acceptors (Lipinski definition) is 5. The second-order valence-corrected chi connectivity index (χ2v) is 6.94. The van der Waals surface area contributed by atoms with E-state index in [2.05, 4.69) is 33.0 Å². The van der Waals surface area contributed by atoms with Gasteiger partial charge in [-0.2, -0.15) is 4.68 Å². The summed E-state index contributed by atoms with van der Waals surface area (Å²) in [6.07, 6.45) is 1.88. The van der Waals surface area contributed by atoms with E-state index in [1.165, 1.54) is 5.56 Å². The molecule has 1 aromatic heterocycles. The maximum atomic E-state index is 6.07. The van der Waals surface area contributed by atoms with Crippen LogP contribution in [0.4, 0.5) is 5.95 Å². The number of tetrazole rings is 1. The Hall–Kier alpha value is -2.44. The summed E-state index contributed by atoms with van der Waals surface area (Å²) in [5.74, 6) is 0.635. The Morgan fingerprint density at radius 1 is 1.04 bits per heavy atom. The number of nitrogens with one attached hydrogen (secondary N) is 1. The van der Waals surface area contributed by atoms with Crippen molar-refractivity contribution in [3.63, 3.8) is 0 Å². The molecule has 2 heterocycles. The van der Waals surface area contributed by atoms with E-state index in [1.54, 1.807) is 4.68 Å². The van der Waals surface area contributed by atoms with Crippen LogP contribution in [0.1, 0.15) is 18.4 Å². The van der Waals surface area contributed by atoms with Crippen molar-refractivity contribution in [3.05, 3.63) is 65.2 Å². The fourth-order valence-corrected chi connectivity index (χ4v) is 3.55. The molecule has 1 aliphatic heterocycles. The standard InChI is InChI=1S/C19H20ClN5O/c20-16-8-6-15(7-9-16)19(10-12-26-13-11-19)14-21-18-22-23-24-25(18)17-4-2-1-3-5-17/h1-9H,10-14H2,(H,21,22,24). The first-order valence-electron chi connectivity index (χ1n) is 8.68. The van der Waals surface area contributed by atoms with Gasteiger partial charge in [0.1, 0.15) is 0 Å². The second kappa shape index (κ2) is 7.43. The molecule has 0 radical (unpaired) electrons. The van der Waals surface area contributed by atoms with Gasteiger partial charge in [0.25, 0.3) is 0 Å². The largest absolute Gasteiger partial charge is 0.381 e. The SMILES string of the molecule is Clc1ccc(C2(CNc3nnnn3-c3ccccc3)CCOCC2)cc1. The molecular formula is C19H20ClN5O. The van der Waals surface area contributed by atoms with Crippen molar-refractivity contribution in [1.82, 2.24) is 20.2 Å². The van der Waals surface area contributed by atoms with Crippen molar-refractivity contribution in [3.8, 4) is 5.69 Å². The smallest absolute Gasteiger partial charge is 0.247 e. The first-order chi connectivity index (χ1) is 12.8. The molecular weight excluding hydrogens is 350 g/mol. The summed E-state index contributed by atoms with van der Waals surface area (Å²) >= 11 is 6.07. The number of benzene rings is 2. The monoisotopic (exact) mass is 369 g/mol. The zero-order chi connectivity index (χ0) is 17.8. The predicted octanol–water partition coefficient (Wildman–Crippen LogP) is 3.48. The van der Waals surface area contributed by atoms with Gasteiger partial charge < -0.3 is 10.1 Å². The van der Waals surface area contributed by atoms with Crippen LogP contribution in [0.5, 0.6) is 0 Å². The minimum Gasteiger partial charge on any atom is -0.381 e. The minimum atomic E-state index is -0.0314. The van der Waals surface area contributed by atoms with Crippen LogP contribution in [0.15, 0.2) is 54.6 Å². The molecule has 26 heavy (non-hydrogen) atoms. The van der Waals surface area contributed by atoms with Gasteiger partial charge in [0, 0.05) is 30.2 Å². The highest BCUT2D eigenvalue weighted by Crippen LogP contribution is 2.35. The maximum Gasteiger partial charge on any atom is 0.247 e. The number of anilines is 1. The van der Waals surface area contributed by atoms with E-state index in [-0.39, 0.29) is 5.41 Å². The lowest BCUT2D eigenvalue weighted by Gasteiger charge is -2.38. The molecule has 0 spiro atoms. The van der Waals surface area contributed by atoms with Crippen LogP contribution in [-0.2, 0) is 10.2 Å². The molecule has 0 bridgehead atoms. The van der Waals surface area contributed by atoms with Crippen molar-refractivity contribution >= 4 is 17.5 Å².